The van der Waals surface area contributed by atoms with Crippen molar-refractivity contribution < 1.29 is 14.0 Å². The molecule has 1 aliphatic carbocycles. The molecule has 2 heterocycles. The van der Waals surface area contributed by atoms with E-state index in [1.807, 2.05) is 24.3 Å². The third-order valence-corrected chi connectivity index (χ3v) is 6.18. The smallest absolute Gasteiger partial charge is 0.240 e. The predicted octanol–water partition coefficient (Wildman–Crippen LogP) is 4.82. The van der Waals surface area contributed by atoms with Crippen LogP contribution >= 0.6 is 0 Å². The molecule has 1 saturated carbocycles. The summed E-state index contributed by atoms with van der Waals surface area (Å²) < 4.78 is 16.9. The van der Waals surface area contributed by atoms with Crippen LogP contribution in [-0.2, 0) is 5.41 Å². The zero-order valence-electron chi connectivity index (χ0n) is 19.4. The number of aryl methyl sites for hydroxylation is 1. The summed E-state index contributed by atoms with van der Waals surface area (Å²) >= 11 is 0. The fraction of sp³-hybridized carbons (Fsp3) is 0.308. The van der Waals surface area contributed by atoms with Gasteiger partial charge in [0.2, 0.25) is 17.5 Å². The van der Waals surface area contributed by atoms with Crippen LogP contribution in [0.25, 0.3) is 11.6 Å². The molecule has 0 spiro atoms. The first-order valence-corrected chi connectivity index (χ1v) is 11.3. The molecule has 1 aliphatic rings. The van der Waals surface area contributed by atoms with E-state index in [4.69, 9.17) is 19.7 Å². The number of aromatic nitrogens is 4. The quantitative estimate of drug-likeness (QED) is 0.421. The summed E-state index contributed by atoms with van der Waals surface area (Å²) in [4.78, 5) is 12.6. The Kier molecular flexibility index (Phi) is 5.75. The second kappa shape index (κ2) is 8.87. The monoisotopic (exact) mass is 457 g/mol. The molecule has 2 aromatic heterocycles. The van der Waals surface area contributed by atoms with Crippen LogP contribution in [0, 0.1) is 6.92 Å². The Bertz CT molecular complexity index is 1250. The number of nitrogens with two attached hydrogens (primary N) is 1. The van der Waals surface area contributed by atoms with Crippen LogP contribution in [0.1, 0.15) is 43.7 Å². The lowest BCUT2D eigenvalue weighted by Crippen LogP contribution is -2.43. The molecule has 2 aromatic carbocycles. The van der Waals surface area contributed by atoms with E-state index in [1.54, 1.807) is 19.3 Å². The third kappa shape index (κ3) is 4.63. The standard InChI is InChI=1S/C26H27N5O3/c1-16-30-25(31-34-16)24-28-14-23(15-29-24)33-21-10-6-18(7-11-21)26(2,3)17-4-8-20(9-5-17)32-22-12-19(27)13-22/h4-11,14-15,19,22H,12-13,27H2,1-3H3/t19-,22-. The van der Waals surface area contributed by atoms with Crippen molar-refractivity contribution in [2.75, 3.05) is 0 Å². The summed E-state index contributed by atoms with van der Waals surface area (Å²) in [5.41, 5.74) is 8.06. The summed E-state index contributed by atoms with van der Waals surface area (Å²) in [6.45, 7) is 6.13. The summed E-state index contributed by atoms with van der Waals surface area (Å²) in [6, 6.07) is 16.7. The lowest BCUT2D eigenvalue weighted by atomic mass is 9.78. The molecule has 4 aromatic rings. The minimum absolute atomic E-state index is 0.177. The average Bonchev–Trinajstić information content (AvgIpc) is 3.25. The van der Waals surface area contributed by atoms with Gasteiger partial charge in [-0.15, -0.1) is 0 Å². The minimum Gasteiger partial charge on any atom is -0.490 e. The third-order valence-electron chi connectivity index (χ3n) is 6.18. The molecule has 8 nitrogen and oxygen atoms in total. The first kappa shape index (κ1) is 22.0. The van der Waals surface area contributed by atoms with Gasteiger partial charge in [0.1, 0.15) is 17.6 Å². The minimum atomic E-state index is -0.177. The van der Waals surface area contributed by atoms with Crippen LogP contribution in [0.4, 0.5) is 0 Å². The first-order valence-electron chi connectivity index (χ1n) is 11.3. The lowest BCUT2D eigenvalue weighted by molar-refractivity contribution is 0.101. The highest BCUT2D eigenvalue weighted by Gasteiger charge is 2.28. The van der Waals surface area contributed by atoms with Gasteiger partial charge in [-0.3, -0.25) is 0 Å². The van der Waals surface area contributed by atoms with Crippen molar-refractivity contribution >= 4 is 0 Å². The van der Waals surface area contributed by atoms with Gasteiger partial charge in [-0.25, -0.2) is 9.97 Å². The molecule has 1 fully saturated rings. The second-order valence-corrected chi connectivity index (χ2v) is 9.13. The Hall–Kier alpha value is -3.78. The number of ether oxygens (including phenoxy) is 2. The molecule has 0 aliphatic heterocycles. The van der Waals surface area contributed by atoms with Crippen molar-refractivity contribution in [3.8, 4) is 28.9 Å². The Balaban J connectivity index is 1.24. The van der Waals surface area contributed by atoms with E-state index in [-0.39, 0.29) is 17.6 Å². The normalized spacial score (nSPS) is 17.8. The molecule has 0 atom stereocenters. The molecule has 0 saturated heterocycles. The van der Waals surface area contributed by atoms with E-state index in [0.29, 0.717) is 29.0 Å². The Morgan fingerprint density at radius 3 is 1.97 bits per heavy atom. The Labute approximate surface area is 198 Å². The summed E-state index contributed by atoms with van der Waals surface area (Å²) in [6.07, 6.45) is 5.28. The fourth-order valence-corrected chi connectivity index (χ4v) is 3.96. The van der Waals surface area contributed by atoms with Gasteiger partial charge < -0.3 is 19.7 Å². The molecule has 8 heteroatoms. The number of hydrogen-bond acceptors (Lipinski definition) is 8. The number of nitrogens with zero attached hydrogens (tertiary/aromatic N) is 4. The van der Waals surface area contributed by atoms with Gasteiger partial charge in [-0.1, -0.05) is 43.3 Å². The van der Waals surface area contributed by atoms with Crippen LogP contribution < -0.4 is 15.2 Å². The molecule has 0 radical (unpaired) electrons. The molecular formula is C26H27N5O3. The van der Waals surface area contributed by atoms with Crippen LogP contribution in [0.5, 0.6) is 17.2 Å². The molecular weight excluding hydrogens is 430 g/mol. The maximum atomic E-state index is 5.98. The van der Waals surface area contributed by atoms with Gasteiger partial charge in [-0.05, 0) is 48.2 Å². The van der Waals surface area contributed by atoms with Crippen molar-refractivity contribution in [1.29, 1.82) is 0 Å². The highest BCUT2D eigenvalue weighted by Crippen LogP contribution is 2.34. The first-order chi connectivity index (χ1) is 16.4. The maximum absolute atomic E-state index is 5.98. The molecule has 0 bridgehead atoms. The topological polar surface area (TPSA) is 109 Å². The van der Waals surface area contributed by atoms with Gasteiger partial charge in [0.25, 0.3) is 0 Å². The highest BCUT2D eigenvalue weighted by molar-refractivity contribution is 5.44. The number of hydrogen-bond donors (Lipinski definition) is 1. The van der Waals surface area contributed by atoms with E-state index in [9.17, 15) is 0 Å². The van der Waals surface area contributed by atoms with Crippen molar-refractivity contribution in [2.45, 2.75) is 51.2 Å². The van der Waals surface area contributed by atoms with E-state index >= 15 is 0 Å². The zero-order valence-corrected chi connectivity index (χ0v) is 19.4. The summed E-state index contributed by atoms with van der Waals surface area (Å²) in [5.74, 6) is 3.32. The molecule has 0 unspecified atom stereocenters. The highest BCUT2D eigenvalue weighted by atomic mass is 16.5. The van der Waals surface area contributed by atoms with Gasteiger partial charge in [-0.2, -0.15) is 4.98 Å². The van der Waals surface area contributed by atoms with Gasteiger partial charge in [0, 0.05) is 18.4 Å². The number of benzene rings is 2. The predicted molar refractivity (Wildman–Crippen MR) is 127 cm³/mol. The molecule has 34 heavy (non-hydrogen) atoms. The molecule has 174 valence electrons. The van der Waals surface area contributed by atoms with E-state index in [0.717, 1.165) is 18.6 Å². The van der Waals surface area contributed by atoms with Crippen LogP contribution in [0.15, 0.2) is 65.4 Å². The Morgan fingerprint density at radius 2 is 1.44 bits per heavy atom. The van der Waals surface area contributed by atoms with Crippen molar-refractivity contribution in [3.63, 3.8) is 0 Å². The van der Waals surface area contributed by atoms with Crippen LogP contribution in [0.2, 0.25) is 0 Å². The van der Waals surface area contributed by atoms with E-state index < -0.39 is 0 Å². The van der Waals surface area contributed by atoms with Gasteiger partial charge in [0.15, 0.2) is 5.75 Å². The van der Waals surface area contributed by atoms with Gasteiger partial charge in [0.05, 0.1) is 12.4 Å². The lowest BCUT2D eigenvalue weighted by Gasteiger charge is -2.33. The van der Waals surface area contributed by atoms with E-state index in [1.165, 1.54) is 11.1 Å². The molecule has 5 rings (SSSR count). The SMILES string of the molecule is Cc1nc(-c2ncc(Oc3ccc(C(C)(C)c4ccc(O[C@H]5C[C@H](N)C5)cc4)cc3)cn2)no1. The van der Waals surface area contributed by atoms with Crippen LogP contribution in [-0.4, -0.2) is 32.3 Å². The summed E-state index contributed by atoms with van der Waals surface area (Å²) in [5, 5.41) is 3.82. The van der Waals surface area contributed by atoms with E-state index in [2.05, 4.69) is 58.2 Å². The fourth-order valence-electron chi connectivity index (χ4n) is 3.96. The molecule has 2 N–H and O–H groups in total. The molecule has 0 amide bonds. The maximum Gasteiger partial charge on any atom is 0.240 e. The zero-order chi connectivity index (χ0) is 23.7. The van der Waals surface area contributed by atoms with Crippen molar-refractivity contribution in [2.24, 2.45) is 5.73 Å². The number of rotatable bonds is 7. The Morgan fingerprint density at radius 1 is 0.853 bits per heavy atom. The largest absolute Gasteiger partial charge is 0.490 e. The summed E-state index contributed by atoms with van der Waals surface area (Å²) in [7, 11) is 0. The van der Waals surface area contributed by atoms with Crippen LogP contribution in [0.3, 0.4) is 0 Å². The second-order valence-electron chi connectivity index (χ2n) is 9.13. The van der Waals surface area contributed by atoms with Crippen molar-refractivity contribution in [1.82, 2.24) is 20.1 Å². The van der Waals surface area contributed by atoms with Gasteiger partial charge >= 0.3 is 0 Å². The van der Waals surface area contributed by atoms with Crippen molar-refractivity contribution in [3.05, 3.63) is 77.9 Å². The average molecular weight is 458 g/mol.